The third-order valence-electron chi connectivity index (χ3n) is 0.321. The summed E-state index contributed by atoms with van der Waals surface area (Å²) in [5.74, 6) is -1.02. The maximum absolute atomic E-state index is 11.1. The molecule has 7 heavy (non-hydrogen) atoms. The second-order valence-electron chi connectivity index (χ2n) is 0.932. The van der Waals surface area contributed by atoms with Crippen LogP contribution in [0, 0.1) is 0 Å². The van der Waals surface area contributed by atoms with E-state index in [0.29, 0.717) is 0 Å². The molecule has 0 spiro atoms. The minimum Gasteiger partial charge on any atom is -0.250 e. The van der Waals surface area contributed by atoms with Crippen LogP contribution in [0.3, 0.4) is 0 Å². The first-order valence-electron chi connectivity index (χ1n) is 1.54. The average molecular weight is 130 g/mol. The fraction of sp³-hybridized carbons (Fsp3) is 1.00. The number of rotatable bonds is 2. The molecule has 0 unspecified atom stereocenters. The quantitative estimate of drug-likeness (QED) is 0.502. The van der Waals surface area contributed by atoms with E-state index in [-0.39, 0.29) is 0 Å². The van der Waals surface area contributed by atoms with Gasteiger partial charge in [0.2, 0.25) is 0 Å². The first kappa shape index (κ1) is 6.81. The summed E-state index contributed by atoms with van der Waals surface area (Å²) in [6, 6.07) is 0. The molecular weight excluding hydrogens is 126 g/mol. The van der Waals surface area contributed by atoms with Gasteiger partial charge < -0.3 is 0 Å². The molecule has 0 N–H and O–H groups in total. The lowest BCUT2D eigenvalue weighted by molar-refractivity contribution is 0.501. The van der Waals surface area contributed by atoms with Crippen LogP contribution in [0.2, 0.25) is 0 Å². The predicted octanol–water partition coefficient (Wildman–Crippen LogP) is 0.255. The number of halogens is 2. The SMILES string of the molecule is O=S(=O)(F)CCF. The van der Waals surface area contributed by atoms with E-state index in [9.17, 15) is 16.7 Å². The molecule has 0 bridgehead atoms. The van der Waals surface area contributed by atoms with Crippen molar-refractivity contribution in [1.29, 1.82) is 0 Å². The molecule has 0 aromatic rings. The molecule has 0 aliphatic carbocycles. The van der Waals surface area contributed by atoms with Gasteiger partial charge in [-0.1, -0.05) is 0 Å². The van der Waals surface area contributed by atoms with Gasteiger partial charge in [0, 0.05) is 0 Å². The molecule has 0 saturated heterocycles. The predicted molar refractivity (Wildman–Crippen MR) is 20.9 cm³/mol. The summed E-state index contributed by atoms with van der Waals surface area (Å²) in [5, 5.41) is 0. The van der Waals surface area contributed by atoms with Crippen LogP contribution in [0.5, 0.6) is 0 Å². The lowest BCUT2D eigenvalue weighted by Crippen LogP contribution is -1.98. The summed E-state index contributed by atoms with van der Waals surface area (Å²) in [6.07, 6.45) is 0. The molecule has 0 saturated carbocycles. The van der Waals surface area contributed by atoms with Crippen molar-refractivity contribution in [1.82, 2.24) is 0 Å². The second-order valence-corrected chi connectivity index (χ2v) is 2.42. The molecule has 0 aromatic carbocycles. The van der Waals surface area contributed by atoms with Crippen molar-refractivity contribution in [2.75, 3.05) is 12.4 Å². The zero-order valence-corrected chi connectivity index (χ0v) is 4.21. The average Bonchev–Trinajstić information content (AvgIpc) is 1.30. The van der Waals surface area contributed by atoms with Crippen molar-refractivity contribution in [3.63, 3.8) is 0 Å². The fourth-order valence-corrected chi connectivity index (χ4v) is 0.276. The number of hydrogen-bond acceptors (Lipinski definition) is 2. The van der Waals surface area contributed by atoms with Crippen molar-refractivity contribution in [2.45, 2.75) is 0 Å². The van der Waals surface area contributed by atoms with Crippen LogP contribution in [-0.4, -0.2) is 20.8 Å². The Hall–Kier alpha value is -0.190. The molecule has 0 aliphatic heterocycles. The summed E-state index contributed by atoms with van der Waals surface area (Å²) in [4.78, 5) is 0. The third kappa shape index (κ3) is 5.81. The molecule has 2 nitrogen and oxygen atoms in total. The summed E-state index contributed by atoms with van der Waals surface area (Å²) in [5.41, 5.74) is 0. The van der Waals surface area contributed by atoms with Gasteiger partial charge in [-0.2, -0.15) is 8.42 Å². The molecule has 0 heterocycles. The first-order chi connectivity index (χ1) is 3.06. The van der Waals surface area contributed by atoms with Crippen LogP contribution in [0.4, 0.5) is 8.28 Å². The van der Waals surface area contributed by atoms with Gasteiger partial charge in [0.1, 0.15) is 12.4 Å². The lowest BCUT2D eigenvalue weighted by atomic mass is 10.9. The van der Waals surface area contributed by atoms with E-state index in [2.05, 4.69) is 0 Å². The molecule has 0 rings (SSSR count). The molecule has 5 heteroatoms. The highest BCUT2D eigenvalue weighted by Crippen LogP contribution is 1.88. The van der Waals surface area contributed by atoms with Crippen LogP contribution >= 0.6 is 0 Å². The Morgan fingerprint density at radius 2 is 1.86 bits per heavy atom. The standard InChI is InChI=1S/C2H4F2O2S/c3-1-2-7(4,5)6/h1-2H2. The van der Waals surface area contributed by atoms with Crippen molar-refractivity contribution >= 4 is 10.2 Å². The summed E-state index contributed by atoms with van der Waals surface area (Å²) in [7, 11) is -4.55. The largest absolute Gasteiger partial charge is 0.304 e. The first-order valence-corrected chi connectivity index (χ1v) is 3.10. The Morgan fingerprint density at radius 3 is 1.86 bits per heavy atom. The molecule has 0 atom stereocenters. The highest BCUT2D eigenvalue weighted by atomic mass is 32.3. The van der Waals surface area contributed by atoms with E-state index in [1.54, 1.807) is 0 Å². The summed E-state index contributed by atoms with van der Waals surface area (Å²) >= 11 is 0. The van der Waals surface area contributed by atoms with Crippen LogP contribution in [-0.2, 0) is 10.2 Å². The van der Waals surface area contributed by atoms with E-state index in [1.165, 1.54) is 0 Å². The Balaban J connectivity index is 3.60. The minimum atomic E-state index is -4.55. The zero-order chi connectivity index (χ0) is 5.91. The Bertz CT molecular complexity index is 127. The molecule has 0 radical (unpaired) electrons. The van der Waals surface area contributed by atoms with Crippen LogP contribution in [0.1, 0.15) is 0 Å². The number of hydrogen-bond donors (Lipinski definition) is 0. The number of alkyl halides is 1. The third-order valence-corrected chi connectivity index (χ3v) is 0.963. The minimum absolute atomic E-state index is 1.02. The normalized spacial score (nSPS) is 11.7. The van der Waals surface area contributed by atoms with E-state index in [1.807, 2.05) is 0 Å². The maximum Gasteiger partial charge on any atom is 0.304 e. The van der Waals surface area contributed by atoms with Gasteiger partial charge in [-0.25, -0.2) is 4.39 Å². The van der Waals surface area contributed by atoms with Gasteiger partial charge in [0.15, 0.2) is 0 Å². The Morgan fingerprint density at radius 1 is 1.43 bits per heavy atom. The highest BCUT2D eigenvalue weighted by Gasteiger charge is 2.03. The van der Waals surface area contributed by atoms with Gasteiger partial charge in [-0.15, -0.1) is 3.89 Å². The maximum atomic E-state index is 11.1. The van der Waals surface area contributed by atoms with Crippen molar-refractivity contribution in [3.05, 3.63) is 0 Å². The Labute approximate surface area is 40.4 Å². The lowest BCUT2D eigenvalue weighted by Gasteiger charge is -1.80. The van der Waals surface area contributed by atoms with E-state index in [4.69, 9.17) is 0 Å². The second kappa shape index (κ2) is 2.20. The molecule has 0 fully saturated rings. The van der Waals surface area contributed by atoms with Gasteiger partial charge >= 0.3 is 10.2 Å². The Kier molecular flexibility index (Phi) is 2.14. The van der Waals surface area contributed by atoms with Gasteiger partial charge in [-0.3, -0.25) is 0 Å². The highest BCUT2D eigenvalue weighted by molar-refractivity contribution is 7.86. The van der Waals surface area contributed by atoms with Crippen molar-refractivity contribution in [2.24, 2.45) is 0 Å². The smallest absolute Gasteiger partial charge is 0.250 e. The van der Waals surface area contributed by atoms with E-state index in [0.717, 1.165) is 0 Å². The molecule has 0 aliphatic rings. The molecule has 44 valence electrons. The van der Waals surface area contributed by atoms with Crippen molar-refractivity contribution < 1.29 is 16.7 Å². The molecular formula is C2H4F2O2S. The van der Waals surface area contributed by atoms with Crippen LogP contribution < -0.4 is 0 Å². The van der Waals surface area contributed by atoms with Gasteiger partial charge in [0.25, 0.3) is 0 Å². The van der Waals surface area contributed by atoms with Crippen LogP contribution in [0.25, 0.3) is 0 Å². The van der Waals surface area contributed by atoms with Gasteiger partial charge in [-0.05, 0) is 0 Å². The van der Waals surface area contributed by atoms with Gasteiger partial charge in [0.05, 0.1) is 0 Å². The molecule has 0 amide bonds. The molecule has 0 aromatic heterocycles. The summed E-state index contributed by atoms with van der Waals surface area (Å²) in [6.45, 7) is -1.15. The van der Waals surface area contributed by atoms with Crippen molar-refractivity contribution in [3.8, 4) is 0 Å². The fourth-order valence-electron chi connectivity index (χ4n) is 0.0922. The monoisotopic (exact) mass is 130 g/mol. The summed E-state index contributed by atoms with van der Waals surface area (Å²) < 4.78 is 40.6. The zero-order valence-electron chi connectivity index (χ0n) is 3.39. The van der Waals surface area contributed by atoms with Crippen LogP contribution in [0.15, 0.2) is 0 Å². The topological polar surface area (TPSA) is 34.1 Å². The van der Waals surface area contributed by atoms with E-state index < -0.39 is 22.7 Å². The van der Waals surface area contributed by atoms with E-state index >= 15 is 0 Å².